The Kier molecular flexibility index (Phi) is 6.57. The average molecular weight is 505 g/mol. The third kappa shape index (κ3) is 4.87. The highest BCUT2D eigenvalue weighted by Gasteiger charge is 2.46. The minimum Gasteiger partial charge on any atom is -0.497 e. The molecule has 0 radical (unpaired) electrons. The van der Waals surface area contributed by atoms with Crippen LogP contribution in [0, 0.1) is 11.6 Å². The van der Waals surface area contributed by atoms with E-state index in [0.29, 0.717) is 6.54 Å². The molecular weight excluding hydrogens is 470 g/mol. The fraction of sp³-hybridized carbons (Fsp3) is 0.387. The van der Waals surface area contributed by atoms with E-state index >= 15 is 0 Å². The lowest BCUT2D eigenvalue weighted by Crippen LogP contribution is -2.45. The Bertz CT molecular complexity index is 1310. The SMILES string of the molecule is COc1ccc2c(c1)C1(CCN(Cc3ccc(C(C)(C)C)cc3)CC1)CN2C(=O)c1ccc(F)c(F)c1. The molecule has 3 aromatic carbocycles. The van der Waals surface area contributed by atoms with Gasteiger partial charge in [-0.25, -0.2) is 8.78 Å². The zero-order chi connectivity index (χ0) is 26.4. The number of ether oxygens (including phenoxy) is 1. The van der Waals surface area contributed by atoms with Gasteiger partial charge >= 0.3 is 0 Å². The third-order valence-corrected chi connectivity index (χ3v) is 7.98. The van der Waals surface area contributed by atoms with Crippen LogP contribution in [0.2, 0.25) is 0 Å². The second-order valence-corrected chi connectivity index (χ2v) is 11.4. The number of likely N-dealkylation sites (tertiary alicyclic amines) is 1. The smallest absolute Gasteiger partial charge is 0.258 e. The number of piperidine rings is 1. The van der Waals surface area contributed by atoms with Crippen LogP contribution < -0.4 is 9.64 Å². The fourth-order valence-electron chi connectivity index (χ4n) is 5.68. The Morgan fingerprint density at radius 2 is 1.65 bits per heavy atom. The van der Waals surface area contributed by atoms with Crippen LogP contribution in [-0.2, 0) is 17.4 Å². The Labute approximate surface area is 217 Å². The summed E-state index contributed by atoms with van der Waals surface area (Å²) in [7, 11) is 1.64. The first-order chi connectivity index (χ1) is 17.6. The summed E-state index contributed by atoms with van der Waals surface area (Å²) < 4.78 is 32.9. The lowest BCUT2D eigenvalue weighted by molar-refractivity contribution is 0.0975. The second-order valence-electron chi connectivity index (χ2n) is 11.4. The molecule has 6 heteroatoms. The third-order valence-electron chi connectivity index (χ3n) is 7.98. The summed E-state index contributed by atoms with van der Waals surface area (Å²) in [6.45, 7) is 9.89. The zero-order valence-corrected chi connectivity index (χ0v) is 22.0. The van der Waals surface area contributed by atoms with Gasteiger partial charge in [-0.3, -0.25) is 9.69 Å². The quantitative estimate of drug-likeness (QED) is 0.409. The molecule has 37 heavy (non-hydrogen) atoms. The molecular formula is C31H34F2N2O2. The number of amides is 1. The molecule has 2 aliphatic heterocycles. The van der Waals surface area contributed by atoms with E-state index in [1.807, 2.05) is 18.2 Å². The number of hydrogen-bond acceptors (Lipinski definition) is 3. The van der Waals surface area contributed by atoms with Crippen molar-refractivity contribution in [2.45, 2.75) is 51.0 Å². The van der Waals surface area contributed by atoms with Crippen LogP contribution in [0.4, 0.5) is 14.5 Å². The van der Waals surface area contributed by atoms with Crippen LogP contribution in [0.3, 0.4) is 0 Å². The second kappa shape index (κ2) is 9.56. The van der Waals surface area contributed by atoms with Gasteiger partial charge in [-0.05, 0) is 84.4 Å². The van der Waals surface area contributed by atoms with Gasteiger partial charge in [0, 0.05) is 29.8 Å². The number of carbonyl (C=O) groups is 1. The fourth-order valence-corrected chi connectivity index (χ4v) is 5.68. The summed E-state index contributed by atoms with van der Waals surface area (Å²) in [5.74, 6) is -1.54. The van der Waals surface area contributed by atoms with Crippen molar-refractivity contribution >= 4 is 11.6 Å². The molecule has 4 nitrogen and oxygen atoms in total. The van der Waals surface area contributed by atoms with Crippen molar-refractivity contribution in [1.82, 2.24) is 4.90 Å². The van der Waals surface area contributed by atoms with Crippen molar-refractivity contribution in [1.29, 1.82) is 0 Å². The number of anilines is 1. The lowest BCUT2D eigenvalue weighted by atomic mass is 9.74. The first-order valence-electron chi connectivity index (χ1n) is 12.9. The number of nitrogens with zero attached hydrogens (tertiary/aromatic N) is 2. The van der Waals surface area contributed by atoms with Crippen molar-refractivity contribution in [3.8, 4) is 5.75 Å². The van der Waals surface area contributed by atoms with E-state index in [-0.39, 0.29) is 22.3 Å². The number of rotatable bonds is 4. The highest BCUT2D eigenvalue weighted by Crippen LogP contribution is 2.49. The summed E-state index contributed by atoms with van der Waals surface area (Å²) in [5, 5.41) is 0. The Balaban J connectivity index is 1.36. The number of methoxy groups -OCH3 is 1. The summed E-state index contributed by atoms with van der Waals surface area (Å²) in [6.07, 6.45) is 1.80. The van der Waals surface area contributed by atoms with E-state index in [4.69, 9.17) is 4.74 Å². The standard InChI is InChI=1S/C31H34F2N2O2/c1-30(2,3)23-8-5-21(6-9-23)19-34-15-13-31(14-16-34)20-35(28-12-10-24(37-4)18-25(28)31)29(36)22-7-11-26(32)27(33)17-22/h5-12,17-18H,13-16,19-20H2,1-4H3. The molecule has 194 valence electrons. The van der Waals surface area contributed by atoms with Crippen LogP contribution in [0.15, 0.2) is 60.7 Å². The number of fused-ring (bicyclic) bond motifs is 2. The molecule has 2 aliphatic rings. The monoisotopic (exact) mass is 504 g/mol. The van der Waals surface area contributed by atoms with Crippen molar-refractivity contribution in [2.24, 2.45) is 0 Å². The van der Waals surface area contributed by atoms with Crippen molar-refractivity contribution in [2.75, 3.05) is 31.6 Å². The maximum Gasteiger partial charge on any atom is 0.258 e. The summed E-state index contributed by atoms with van der Waals surface area (Å²) >= 11 is 0. The van der Waals surface area contributed by atoms with Gasteiger partial charge in [-0.1, -0.05) is 45.0 Å². The molecule has 2 heterocycles. The van der Waals surface area contributed by atoms with Crippen LogP contribution in [-0.4, -0.2) is 37.6 Å². The normalized spacial score (nSPS) is 17.2. The summed E-state index contributed by atoms with van der Waals surface area (Å²) in [6, 6.07) is 18.0. The molecule has 0 aliphatic carbocycles. The van der Waals surface area contributed by atoms with Gasteiger partial charge in [0.2, 0.25) is 0 Å². The largest absolute Gasteiger partial charge is 0.497 e. The number of benzene rings is 3. The average Bonchev–Trinajstić information content (AvgIpc) is 3.19. The number of hydrogen-bond donors (Lipinski definition) is 0. The summed E-state index contributed by atoms with van der Waals surface area (Å²) in [4.78, 5) is 17.6. The van der Waals surface area contributed by atoms with Crippen LogP contribution >= 0.6 is 0 Å². The topological polar surface area (TPSA) is 32.8 Å². The van der Waals surface area contributed by atoms with Crippen LogP contribution in [0.5, 0.6) is 5.75 Å². The van der Waals surface area contributed by atoms with E-state index < -0.39 is 11.6 Å². The first kappa shape index (κ1) is 25.4. The molecule has 1 amide bonds. The zero-order valence-electron chi connectivity index (χ0n) is 22.0. The molecule has 3 aromatic rings. The van der Waals surface area contributed by atoms with E-state index in [9.17, 15) is 13.6 Å². The summed E-state index contributed by atoms with van der Waals surface area (Å²) in [5.41, 5.74) is 4.62. The number of carbonyl (C=O) groups excluding carboxylic acids is 1. The van der Waals surface area contributed by atoms with E-state index in [1.54, 1.807) is 12.0 Å². The molecule has 0 aromatic heterocycles. The minimum absolute atomic E-state index is 0.135. The molecule has 0 atom stereocenters. The molecule has 1 saturated heterocycles. The van der Waals surface area contributed by atoms with Gasteiger partial charge < -0.3 is 9.64 Å². The molecule has 0 bridgehead atoms. The maximum atomic E-state index is 13.9. The predicted octanol–water partition coefficient (Wildman–Crippen LogP) is 6.47. The van der Waals surface area contributed by atoms with Crippen molar-refractivity contribution in [3.63, 3.8) is 0 Å². The van der Waals surface area contributed by atoms with Crippen molar-refractivity contribution < 1.29 is 18.3 Å². The van der Waals surface area contributed by atoms with Crippen molar-refractivity contribution in [3.05, 3.63) is 94.6 Å². The van der Waals surface area contributed by atoms with Gasteiger partial charge in [0.05, 0.1) is 7.11 Å². The maximum absolute atomic E-state index is 13.9. The highest BCUT2D eigenvalue weighted by molar-refractivity contribution is 6.07. The first-order valence-corrected chi connectivity index (χ1v) is 12.9. The lowest BCUT2D eigenvalue weighted by Gasteiger charge is -2.40. The molecule has 1 spiro atoms. The molecule has 0 N–H and O–H groups in total. The van der Waals surface area contributed by atoms with Crippen LogP contribution in [0.1, 0.15) is 60.7 Å². The minimum atomic E-state index is -1.02. The van der Waals surface area contributed by atoms with E-state index in [2.05, 4.69) is 49.9 Å². The Morgan fingerprint density at radius 3 is 2.27 bits per heavy atom. The van der Waals surface area contributed by atoms with E-state index in [1.165, 1.54) is 17.2 Å². The van der Waals surface area contributed by atoms with E-state index in [0.717, 1.165) is 61.6 Å². The predicted molar refractivity (Wildman–Crippen MR) is 142 cm³/mol. The Hall–Kier alpha value is -3.25. The Morgan fingerprint density at radius 1 is 0.946 bits per heavy atom. The van der Waals surface area contributed by atoms with Gasteiger partial charge in [0.15, 0.2) is 11.6 Å². The molecule has 1 fully saturated rings. The molecule has 0 unspecified atom stereocenters. The molecule has 5 rings (SSSR count). The van der Waals surface area contributed by atoms with Crippen LogP contribution in [0.25, 0.3) is 0 Å². The van der Waals surface area contributed by atoms with Gasteiger partial charge in [0.25, 0.3) is 5.91 Å². The van der Waals surface area contributed by atoms with Gasteiger partial charge in [0.1, 0.15) is 5.75 Å². The van der Waals surface area contributed by atoms with Gasteiger partial charge in [-0.2, -0.15) is 0 Å². The highest BCUT2D eigenvalue weighted by atomic mass is 19.2. The number of halogens is 2. The van der Waals surface area contributed by atoms with Gasteiger partial charge in [-0.15, -0.1) is 0 Å². The molecule has 0 saturated carbocycles.